The van der Waals surface area contributed by atoms with Gasteiger partial charge in [-0.3, -0.25) is 0 Å². The van der Waals surface area contributed by atoms with E-state index in [4.69, 9.17) is 4.67 Å². The topological polar surface area (TPSA) is 54.9 Å². The molecule has 5 aromatic rings. The van der Waals surface area contributed by atoms with Gasteiger partial charge in [0.25, 0.3) is 0 Å². The van der Waals surface area contributed by atoms with Crippen LogP contribution in [0.1, 0.15) is 81.0 Å². The van der Waals surface area contributed by atoms with Crippen molar-refractivity contribution in [3.05, 3.63) is 155 Å². The lowest BCUT2D eigenvalue weighted by Crippen LogP contribution is -2.40. The van der Waals surface area contributed by atoms with E-state index in [2.05, 4.69) is 165 Å². The molecule has 1 aromatic heterocycles. The standard InChI is InChI=1S/C51H46N4/c1-5-32-22-25-41-45(27-32)53-51(54-46(41)29-52)35-26-24-33(23-21-31(35)4)55-47-20-11-10-17-42(47)49-48-39-19-12-18-37(36-14-7-6-13-34(36)30(2)3)43(39)28-44(48)38-15-8-9-16-40(38)50(49)55/h6-20,22-26,30-32,35,39,43H,5,21,27-28H2,1-4H3/p+1. The third kappa shape index (κ3) is 5.21. The molecule has 0 amide bonds. The number of hydrogen-bond acceptors (Lipinski definition) is 2. The zero-order valence-electron chi connectivity index (χ0n) is 32.2. The van der Waals surface area contributed by atoms with E-state index in [9.17, 15) is 5.26 Å². The van der Waals surface area contributed by atoms with E-state index in [-0.39, 0.29) is 5.92 Å². The van der Waals surface area contributed by atoms with E-state index in [0.29, 0.717) is 35.3 Å². The van der Waals surface area contributed by atoms with Gasteiger partial charge in [0.15, 0.2) is 6.07 Å². The maximum Gasteiger partial charge on any atom is 0.356 e. The van der Waals surface area contributed by atoms with Gasteiger partial charge in [-0.25, -0.2) is 5.32 Å². The molecule has 5 aliphatic rings. The molecule has 55 heavy (non-hydrogen) atoms. The van der Waals surface area contributed by atoms with E-state index in [1.807, 2.05) is 0 Å². The quantitative estimate of drug-likeness (QED) is 0.184. The Hall–Kier alpha value is -5.88. The number of aromatic nitrogens is 1. The summed E-state index contributed by atoms with van der Waals surface area (Å²) >= 11 is 0. The lowest BCUT2D eigenvalue weighted by atomic mass is 9.77. The number of benzene rings is 4. The molecule has 5 atom stereocenters. The van der Waals surface area contributed by atoms with Gasteiger partial charge in [0.05, 0.1) is 22.5 Å². The molecule has 0 saturated carbocycles. The molecule has 1 N–H and O–H groups in total. The van der Waals surface area contributed by atoms with E-state index in [0.717, 1.165) is 42.8 Å². The highest BCUT2D eigenvalue weighted by molar-refractivity contribution is 6.22. The average Bonchev–Trinajstić information content (AvgIpc) is 3.71. The first-order valence-corrected chi connectivity index (χ1v) is 20.3. The molecule has 270 valence electrons. The fraction of sp³-hybridized carbons (Fsp3) is 0.275. The van der Waals surface area contributed by atoms with Crippen molar-refractivity contribution in [1.29, 1.82) is 5.26 Å². The van der Waals surface area contributed by atoms with Gasteiger partial charge in [-0.15, -0.1) is 0 Å². The molecule has 1 aliphatic heterocycles. The number of nitrogens with zero attached hydrogens (tertiary/aromatic N) is 3. The summed E-state index contributed by atoms with van der Waals surface area (Å²) in [5.41, 5.74) is 13.6. The summed E-state index contributed by atoms with van der Waals surface area (Å²) in [5, 5.41) is 19.3. The minimum atomic E-state index is 0.0540. The second-order valence-electron chi connectivity index (χ2n) is 16.5. The molecule has 4 aliphatic carbocycles. The highest BCUT2D eigenvalue weighted by Gasteiger charge is 2.40. The van der Waals surface area contributed by atoms with Crippen LogP contribution in [0, 0.1) is 35.0 Å². The van der Waals surface area contributed by atoms with Crippen molar-refractivity contribution in [1.82, 2.24) is 14.6 Å². The third-order valence-corrected chi connectivity index (χ3v) is 13.1. The largest absolute Gasteiger partial charge is 0.356 e. The minimum Gasteiger partial charge on any atom is -0.309 e. The van der Waals surface area contributed by atoms with Crippen molar-refractivity contribution in [3.8, 4) is 6.07 Å². The number of amidine groups is 1. The van der Waals surface area contributed by atoms with Gasteiger partial charge < -0.3 is 4.57 Å². The van der Waals surface area contributed by atoms with Gasteiger partial charge in [0, 0.05) is 34.2 Å². The summed E-state index contributed by atoms with van der Waals surface area (Å²) in [7, 11) is 0. The van der Waals surface area contributed by atoms with Crippen LogP contribution < -0.4 is 9.98 Å². The number of hydrogen-bond donors (Lipinski definition) is 1. The summed E-state index contributed by atoms with van der Waals surface area (Å²) in [6.45, 7) is 9.17. The van der Waals surface area contributed by atoms with Crippen LogP contribution in [-0.2, 0) is 6.42 Å². The van der Waals surface area contributed by atoms with Crippen LogP contribution in [0.4, 0.5) is 0 Å². The number of nitrogens with one attached hydrogen (secondary N) is 1. The molecule has 4 aromatic carbocycles. The predicted octanol–water partition coefficient (Wildman–Crippen LogP) is 11.3. The number of para-hydroxylation sites is 1. The summed E-state index contributed by atoms with van der Waals surface area (Å²) < 4.78 is 7.51. The first-order valence-electron chi connectivity index (χ1n) is 20.3. The first kappa shape index (κ1) is 33.7. The predicted molar refractivity (Wildman–Crippen MR) is 231 cm³/mol. The fourth-order valence-electron chi connectivity index (χ4n) is 10.3. The Labute approximate surface area is 324 Å². The summed E-state index contributed by atoms with van der Waals surface area (Å²) in [6, 6.07) is 29.6. The normalized spacial score (nSPS) is 24.2. The SMILES string of the molecule is CCC1C=CC2=C(C1)NC(C1C=CC(n3c4ccccc4c4c5c(c6ccccc6c43)CC3C(c4ccccc4C(C)C)=CC=CC53)=CCC1C)=[N+]=C2C#N. The van der Waals surface area contributed by atoms with Gasteiger partial charge in [0.1, 0.15) is 5.70 Å². The Morgan fingerprint density at radius 1 is 0.891 bits per heavy atom. The zero-order valence-corrected chi connectivity index (χ0v) is 32.2. The molecule has 0 saturated heterocycles. The summed E-state index contributed by atoms with van der Waals surface area (Å²) in [5.74, 6) is 2.86. The highest BCUT2D eigenvalue weighted by atomic mass is 15.0. The van der Waals surface area contributed by atoms with Crippen LogP contribution in [0.15, 0.2) is 133 Å². The molecule has 0 radical (unpaired) electrons. The van der Waals surface area contributed by atoms with Crippen LogP contribution >= 0.6 is 0 Å². The lowest BCUT2D eigenvalue weighted by Gasteiger charge is -2.27. The molecule has 0 spiro atoms. The fourth-order valence-corrected chi connectivity index (χ4v) is 10.3. The van der Waals surface area contributed by atoms with Crippen molar-refractivity contribution < 1.29 is 0 Å². The Morgan fingerprint density at radius 3 is 2.49 bits per heavy atom. The van der Waals surface area contributed by atoms with Crippen molar-refractivity contribution in [2.75, 3.05) is 0 Å². The maximum absolute atomic E-state index is 10.2. The summed E-state index contributed by atoms with van der Waals surface area (Å²) in [4.78, 5) is 0. The van der Waals surface area contributed by atoms with Crippen LogP contribution in [0.5, 0.6) is 0 Å². The third-order valence-electron chi connectivity index (χ3n) is 13.1. The van der Waals surface area contributed by atoms with Crippen molar-refractivity contribution in [2.24, 2.45) is 23.7 Å². The highest BCUT2D eigenvalue weighted by Crippen LogP contribution is 2.55. The molecule has 2 heterocycles. The smallest absolute Gasteiger partial charge is 0.309 e. The van der Waals surface area contributed by atoms with Crippen molar-refractivity contribution in [2.45, 2.75) is 65.2 Å². The number of fused-ring (bicyclic) bond motifs is 10. The lowest BCUT2D eigenvalue weighted by molar-refractivity contribution is 0.518. The molecule has 4 nitrogen and oxygen atoms in total. The van der Waals surface area contributed by atoms with E-state index in [1.54, 1.807) is 0 Å². The first-order chi connectivity index (χ1) is 26.9. The molecule has 10 rings (SSSR count). The number of rotatable bonds is 5. The Balaban J connectivity index is 1.13. The molecule has 4 heteroatoms. The number of allylic oxidation sites excluding steroid dienone is 11. The molecular weight excluding hydrogens is 669 g/mol. The van der Waals surface area contributed by atoms with E-state index in [1.165, 1.54) is 66.1 Å². The summed E-state index contributed by atoms with van der Waals surface area (Å²) in [6.07, 6.45) is 22.5. The second kappa shape index (κ2) is 13.2. The van der Waals surface area contributed by atoms with Gasteiger partial charge in [0.2, 0.25) is 0 Å². The maximum atomic E-state index is 10.2. The van der Waals surface area contributed by atoms with Crippen LogP contribution in [0.3, 0.4) is 0 Å². The van der Waals surface area contributed by atoms with Crippen LogP contribution in [-0.4, -0.2) is 16.1 Å². The average molecular weight is 716 g/mol. The Morgan fingerprint density at radius 2 is 1.67 bits per heavy atom. The van der Waals surface area contributed by atoms with Gasteiger partial charge >= 0.3 is 11.5 Å². The second-order valence-corrected chi connectivity index (χ2v) is 16.5. The minimum absolute atomic E-state index is 0.0540. The van der Waals surface area contributed by atoms with Gasteiger partial charge in [-0.05, 0) is 94.4 Å². The zero-order chi connectivity index (χ0) is 37.4. The van der Waals surface area contributed by atoms with Gasteiger partial charge in [-0.1, -0.05) is 131 Å². The monoisotopic (exact) mass is 715 g/mol. The molecule has 0 fully saturated rings. The Kier molecular flexibility index (Phi) is 8.05. The molecule has 5 unspecified atom stereocenters. The van der Waals surface area contributed by atoms with Crippen molar-refractivity contribution in [3.63, 3.8) is 0 Å². The molecule has 0 bridgehead atoms. The Bertz CT molecular complexity index is 2760. The van der Waals surface area contributed by atoms with E-state index >= 15 is 0 Å². The van der Waals surface area contributed by atoms with Crippen molar-refractivity contribution >= 4 is 55.4 Å². The van der Waals surface area contributed by atoms with Gasteiger partial charge in [-0.2, -0.15) is 9.93 Å². The van der Waals surface area contributed by atoms with E-state index < -0.39 is 0 Å². The van der Waals surface area contributed by atoms with Crippen LogP contribution in [0.2, 0.25) is 0 Å². The molecular formula is C51H47N4+. The number of nitriles is 1. The van der Waals surface area contributed by atoms with Crippen LogP contribution in [0.25, 0.3) is 43.8 Å².